The van der Waals surface area contributed by atoms with E-state index in [2.05, 4.69) is 17.6 Å². The van der Waals surface area contributed by atoms with Crippen LogP contribution in [0.25, 0.3) is 22.4 Å². The van der Waals surface area contributed by atoms with E-state index in [1.165, 1.54) is 0 Å². The lowest BCUT2D eigenvalue weighted by molar-refractivity contribution is 0.796. The highest BCUT2D eigenvalue weighted by Crippen LogP contribution is 2.32. The summed E-state index contributed by atoms with van der Waals surface area (Å²) in [7, 11) is 0. The molecule has 3 nitrogen and oxygen atoms in total. The fourth-order valence-corrected chi connectivity index (χ4v) is 2.87. The van der Waals surface area contributed by atoms with Crippen LogP contribution < -0.4 is 5.73 Å². The molecule has 5 heteroatoms. The maximum absolute atomic E-state index is 6.31. The van der Waals surface area contributed by atoms with Crippen LogP contribution in [0.4, 0.5) is 0 Å². The van der Waals surface area contributed by atoms with Gasteiger partial charge < -0.3 is 10.3 Å². The van der Waals surface area contributed by atoms with Gasteiger partial charge in [0.2, 0.25) is 0 Å². The monoisotopic (exact) mass is 319 g/mol. The molecule has 3 rings (SSSR count). The van der Waals surface area contributed by atoms with Crippen LogP contribution in [0, 0.1) is 0 Å². The van der Waals surface area contributed by atoms with Gasteiger partial charge in [0.25, 0.3) is 0 Å². The van der Waals surface area contributed by atoms with Crippen molar-refractivity contribution in [2.45, 2.75) is 20.0 Å². The minimum absolute atomic E-state index is 0.502. The summed E-state index contributed by atoms with van der Waals surface area (Å²) in [5.41, 5.74) is 9.60. The SMILES string of the molecule is CCn1c(-c2cc(Cl)ccc2Cl)nc2cc(CN)ccc21. The normalized spacial score (nSPS) is 11.2. The topological polar surface area (TPSA) is 43.8 Å². The number of hydrogen-bond donors (Lipinski definition) is 1. The number of benzene rings is 2. The van der Waals surface area contributed by atoms with Crippen molar-refractivity contribution in [2.24, 2.45) is 5.73 Å². The first kappa shape index (κ1) is 14.4. The van der Waals surface area contributed by atoms with Gasteiger partial charge in [0.05, 0.1) is 16.1 Å². The number of aryl methyl sites for hydroxylation is 1. The molecule has 21 heavy (non-hydrogen) atoms. The number of fused-ring (bicyclic) bond motifs is 1. The van der Waals surface area contributed by atoms with E-state index in [0.717, 1.165) is 34.5 Å². The van der Waals surface area contributed by atoms with Gasteiger partial charge in [0, 0.05) is 23.7 Å². The van der Waals surface area contributed by atoms with Crippen molar-refractivity contribution >= 4 is 34.2 Å². The Hall–Kier alpha value is -1.55. The van der Waals surface area contributed by atoms with E-state index in [-0.39, 0.29) is 0 Å². The van der Waals surface area contributed by atoms with Gasteiger partial charge in [-0.25, -0.2) is 4.98 Å². The molecule has 1 heterocycles. The van der Waals surface area contributed by atoms with E-state index in [1.807, 2.05) is 18.2 Å². The van der Waals surface area contributed by atoms with Crippen LogP contribution in [0.1, 0.15) is 12.5 Å². The zero-order valence-corrected chi connectivity index (χ0v) is 13.1. The number of aromatic nitrogens is 2. The van der Waals surface area contributed by atoms with Crippen molar-refractivity contribution < 1.29 is 0 Å². The Bertz CT molecular complexity index is 809. The minimum atomic E-state index is 0.502. The molecule has 0 unspecified atom stereocenters. The lowest BCUT2D eigenvalue weighted by Crippen LogP contribution is -1.98. The van der Waals surface area contributed by atoms with Crippen LogP contribution in [0.2, 0.25) is 10.0 Å². The van der Waals surface area contributed by atoms with Crippen molar-refractivity contribution in [2.75, 3.05) is 0 Å². The van der Waals surface area contributed by atoms with Gasteiger partial charge >= 0.3 is 0 Å². The summed E-state index contributed by atoms with van der Waals surface area (Å²) in [4.78, 5) is 4.73. The van der Waals surface area contributed by atoms with Crippen LogP contribution in [-0.2, 0) is 13.1 Å². The third-order valence-corrected chi connectivity index (χ3v) is 4.10. The molecule has 0 saturated carbocycles. The van der Waals surface area contributed by atoms with E-state index >= 15 is 0 Å². The van der Waals surface area contributed by atoms with Gasteiger partial charge in [-0.15, -0.1) is 0 Å². The molecule has 1 aromatic heterocycles. The second-order valence-corrected chi connectivity index (χ2v) is 5.67. The molecule has 0 bridgehead atoms. The Morgan fingerprint density at radius 2 is 1.95 bits per heavy atom. The molecule has 3 aromatic rings. The van der Waals surface area contributed by atoms with Crippen LogP contribution in [0.3, 0.4) is 0 Å². The summed E-state index contributed by atoms with van der Waals surface area (Å²) in [5.74, 6) is 0.828. The number of nitrogens with two attached hydrogens (primary N) is 1. The third-order valence-electron chi connectivity index (χ3n) is 3.53. The molecular formula is C16H15Cl2N3. The number of nitrogens with zero attached hydrogens (tertiary/aromatic N) is 2. The van der Waals surface area contributed by atoms with Gasteiger partial charge in [-0.2, -0.15) is 0 Å². The molecule has 0 aliphatic carbocycles. The van der Waals surface area contributed by atoms with Crippen molar-refractivity contribution in [1.82, 2.24) is 9.55 Å². The average molecular weight is 320 g/mol. The number of hydrogen-bond acceptors (Lipinski definition) is 2. The first-order valence-corrected chi connectivity index (χ1v) is 7.54. The number of halogens is 2. The molecule has 0 radical (unpaired) electrons. The van der Waals surface area contributed by atoms with Gasteiger partial charge in [-0.3, -0.25) is 0 Å². The highest BCUT2D eigenvalue weighted by molar-refractivity contribution is 6.35. The van der Waals surface area contributed by atoms with E-state index in [9.17, 15) is 0 Å². The zero-order valence-electron chi connectivity index (χ0n) is 11.6. The van der Waals surface area contributed by atoms with E-state index < -0.39 is 0 Å². The van der Waals surface area contributed by atoms with Crippen LogP contribution >= 0.6 is 23.2 Å². The second-order valence-electron chi connectivity index (χ2n) is 4.83. The standard InChI is InChI=1S/C16H15Cl2N3/c1-2-21-15-6-3-10(9-19)7-14(15)20-16(21)12-8-11(17)4-5-13(12)18/h3-8H,2,9,19H2,1H3. The van der Waals surface area contributed by atoms with Gasteiger partial charge in [-0.1, -0.05) is 29.3 Å². The Kier molecular flexibility index (Phi) is 3.89. The summed E-state index contributed by atoms with van der Waals surface area (Å²) in [6.07, 6.45) is 0. The fraction of sp³-hybridized carbons (Fsp3) is 0.188. The second kappa shape index (κ2) is 5.68. The predicted molar refractivity (Wildman–Crippen MR) is 88.8 cm³/mol. The molecule has 0 spiro atoms. The maximum Gasteiger partial charge on any atom is 0.142 e. The van der Waals surface area contributed by atoms with Crippen molar-refractivity contribution in [3.05, 3.63) is 52.0 Å². The van der Waals surface area contributed by atoms with E-state index in [1.54, 1.807) is 12.1 Å². The van der Waals surface area contributed by atoms with Crippen LogP contribution in [0.15, 0.2) is 36.4 Å². The minimum Gasteiger partial charge on any atom is -0.326 e. The maximum atomic E-state index is 6.31. The summed E-state index contributed by atoms with van der Waals surface area (Å²) in [6.45, 7) is 3.39. The summed E-state index contributed by atoms with van der Waals surface area (Å²) >= 11 is 12.4. The molecule has 0 saturated heterocycles. The Labute approximate surface area is 133 Å². The van der Waals surface area contributed by atoms with Gasteiger partial charge in [0.15, 0.2) is 0 Å². The number of imidazole rings is 1. The molecule has 0 amide bonds. The molecule has 2 N–H and O–H groups in total. The lowest BCUT2D eigenvalue weighted by atomic mass is 10.2. The molecule has 0 aliphatic rings. The highest BCUT2D eigenvalue weighted by Gasteiger charge is 2.14. The largest absolute Gasteiger partial charge is 0.326 e. The quantitative estimate of drug-likeness (QED) is 0.773. The lowest BCUT2D eigenvalue weighted by Gasteiger charge is -2.08. The molecule has 2 aromatic carbocycles. The highest BCUT2D eigenvalue weighted by atomic mass is 35.5. The first-order chi connectivity index (χ1) is 10.1. The van der Waals surface area contributed by atoms with Crippen LogP contribution in [0.5, 0.6) is 0 Å². The Balaban J connectivity index is 2.29. The fourth-order valence-electron chi connectivity index (χ4n) is 2.50. The van der Waals surface area contributed by atoms with E-state index in [0.29, 0.717) is 16.6 Å². The summed E-state index contributed by atoms with van der Waals surface area (Å²) in [6, 6.07) is 11.5. The van der Waals surface area contributed by atoms with Crippen LogP contribution in [-0.4, -0.2) is 9.55 Å². The average Bonchev–Trinajstić information content (AvgIpc) is 2.86. The van der Waals surface area contributed by atoms with Crippen molar-refractivity contribution in [3.63, 3.8) is 0 Å². The zero-order chi connectivity index (χ0) is 15.0. The molecule has 0 fully saturated rings. The Morgan fingerprint density at radius 1 is 1.14 bits per heavy atom. The third kappa shape index (κ3) is 2.53. The summed E-state index contributed by atoms with van der Waals surface area (Å²) < 4.78 is 2.13. The summed E-state index contributed by atoms with van der Waals surface area (Å²) in [5, 5.41) is 1.29. The van der Waals surface area contributed by atoms with Gasteiger partial charge in [-0.05, 0) is 42.8 Å². The smallest absolute Gasteiger partial charge is 0.142 e. The molecular weight excluding hydrogens is 305 g/mol. The first-order valence-electron chi connectivity index (χ1n) is 6.78. The van der Waals surface area contributed by atoms with Gasteiger partial charge in [0.1, 0.15) is 5.82 Å². The molecule has 0 atom stereocenters. The van der Waals surface area contributed by atoms with Crippen molar-refractivity contribution in [3.8, 4) is 11.4 Å². The molecule has 108 valence electrons. The van der Waals surface area contributed by atoms with Crippen molar-refractivity contribution in [1.29, 1.82) is 0 Å². The number of rotatable bonds is 3. The van der Waals surface area contributed by atoms with E-state index in [4.69, 9.17) is 33.9 Å². The predicted octanol–water partition coefficient (Wildman–Crippen LogP) is 4.49. The molecule has 0 aliphatic heterocycles. The Morgan fingerprint density at radius 3 is 2.67 bits per heavy atom.